The summed E-state index contributed by atoms with van der Waals surface area (Å²) in [6, 6.07) is 4.37. The van der Waals surface area contributed by atoms with Gasteiger partial charge in [-0.15, -0.1) is 0 Å². The predicted molar refractivity (Wildman–Crippen MR) is 69.6 cm³/mol. The minimum atomic E-state index is -3.88. The van der Waals surface area contributed by atoms with E-state index in [-0.39, 0.29) is 18.0 Å². The van der Waals surface area contributed by atoms with Gasteiger partial charge in [-0.3, -0.25) is 14.9 Å². The number of aryl methyl sites for hydroxylation is 1. The minimum Gasteiger partial charge on any atom is -0.496 e. The highest BCUT2D eigenvalue weighted by Crippen LogP contribution is 2.23. The van der Waals surface area contributed by atoms with Crippen LogP contribution in [-0.4, -0.2) is 44.7 Å². The van der Waals surface area contributed by atoms with Crippen LogP contribution in [0.25, 0.3) is 0 Å². The first kappa shape index (κ1) is 14.5. The van der Waals surface area contributed by atoms with Crippen molar-refractivity contribution < 1.29 is 22.7 Å². The minimum absolute atomic E-state index is 0.0262. The molecule has 1 aliphatic rings. The number of rotatable bonds is 3. The second-order valence-electron chi connectivity index (χ2n) is 4.38. The number of ether oxygens (including phenoxy) is 1. The largest absolute Gasteiger partial charge is 0.496 e. The Labute approximate surface area is 116 Å². The first-order chi connectivity index (χ1) is 9.34. The van der Waals surface area contributed by atoms with E-state index in [4.69, 9.17) is 4.74 Å². The van der Waals surface area contributed by atoms with Crippen molar-refractivity contribution in [2.75, 3.05) is 20.2 Å². The Morgan fingerprint density at radius 3 is 2.30 bits per heavy atom. The van der Waals surface area contributed by atoms with Crippen LogP contribution in [0.4, 0.5) is 0 Å². The molecule has 2 amide bonds. The SMILES string of the molecule is COc1ccc(S(=O)(=O)N2CC(=O)NC(=O)C2)cc1C. The highest BCUT2D eigenvalue weighted by Gasteiger charge is 2.33. The zero-order valence-corrected chi connectivity index (χ0v) is 11.9. The summed E-state index contributed by atoms with van der Waals surface area (Å²) in [6.45, 7) is 0.990. The molecular weight excluding hydrogens is 284 g/mol. The van der Waals surface area contributed by atoms with E-state index in [1.807, 2.05) is 0 Å². The number of sulfonamides is 1. The van der Waals surface area contributed by atoms with Crippen LogP contribution in [0.5, 0.6) is 5.75 Å². The Morgan fingerprint density at radius 1 is 1.20 bits per heavy atom. The molecule has 20 heavy (non-hydrogen) atoms. The maximum absolute atomic E-state index is 12.4. The van der Waals surface area contributed by atoms with Gasteiger partial charge in [0.2, 0.25) is 21.8 Å². The molecule has 7 nitrogen and oxygen atoms in total. The third-order valence-electron chi connectivity index (χ3n) is 2.92. The molecule has 1 heterocycles. The molecule has 1 fully saturated rings. The van der Waals surface area contributed by atoms with Gasteiger partial charge in [0.05, 0.1) is 25.1 Å². The molecule has 0 unspecified atom stereocenters. The summed E-state index contributed by atoms with van der Waals surface area (Å²) in [4.78, 5) is 22.6. The van der Waals surface area contributed by atoms with Gasteiger partial charge in [0.15, 0.2) is 0 Å². The van der Waals surface area contributed by atoms with Crippen LogP contribution in [0.3, 0.4) is 0 Å². The summed E-state index contributed by atoms with van der Waals surface area (Å²) in [5.41, 5.74) is 0.654. The smallest absolute Gasteiger partial charge is 0.244 e. The van der Waals surface area contributed by atoms with Crippen LogP contribution >= 0.6 is 0 Å². The lowest BCUT2D eigenvalue weighted by Crippen LogP contribution is -2.53. The molecule has 1 aliphatic heterocycles. The average molecular weight is 298 g/mol. The van der Waals surface area contributed by atoms with Gasteiger partial charge in [0.1, 0.15) is 5.75 Å². The lowest BCUT2D eigenvalue weighted by atomic mass is 10.2. The van der Waals surface area contributed by atoms with E-state index in [1.165, 1.54) is 25.3 Å². The molecule has 1 aromatic carbocycles. The van der Waals surface area contributed by atoms with E-state index in [0.717, 1.165) is 4.31 Å². The molecule has 0 saturated carbocycles. The van der Waals surface area contributed by atoms with Gasteiger partial charge in [-0.2, -0.15) is 4.31 Å². The standard InChI is InChI=1S/C12H14N2O5S/c1-8-5-9(3-4-10(8)19-2)20(17,18)14-6-11(15)13-12(16)7-14/h3-5H,6-7H2,1-2H3,(H,13,15,16). The first-order valence-corrected chi connectivity index (χ1v) is 7.26. The molecule has 1 aromatic rings. The van der Waals surface area contributed by atoms with Crippen LogP contribution in [-0.2, 0) is 19.6 Å². The number of carbonyl (C=O) groups excluding carboxylic acids is 2. The molecular formula is C12H14N2O5S. The van der Waals surface area contributed by atoms with E-state index in [1.54, 1.807) is 6.92 Å². The van der Waals surface area contributed by atoms with E-state index in [9.17, 15) is 18.0 Å². The van der Waals surface area contributed by atoms with Crippen LogP contribution in [0.15, 0.2) is 23.1 Å². The molecule has 2 rings (SSSR count). The highest BCUT2D eigenvalue weighted by molar-refractivity contribution is 7.89. The Kier molecular flexibility index (Phi) is 3.78. The lowest BCUT2D eigenvalue weighted by molar-refractivity contribution is -0.134. The van der Waals surface area contributed by atoms with Crippen molar-refractivity contribution in [3.63, 3.8) is 0 Å². The molecule has 0 aliphatic carbocycles. The van der Waals surface area contributed by atoms with Gasteiger partial charge in [-0.05, 0) is 30.7 Å². The maximum atomic E-state index is 12.4. The fraction of sp³-hybridized carbons (Fsp3) is 0.333. The molecule has 0 spiro atoms. The van der Waals surface area contributed by atoms with Gasteiger partial charge in [0, 0.05) is 0 Å². The van der Waals surface area contributed by atoms with Gasteiger partial charge in [-0.1, -0.05) is 0 Å². The van der Waals surface area contributed by atoms with Crippen LogP contribution < -0.4 is 10.1 Å². The van der Waals surface area contributed by atoms with Crippen molar-refractivity contribution in [2.45, 2.75) is 11.8 Å². The Balaban J connectivity index is 2.37. The Hall–Kier alpha value is -1.93. The number of imide groups is 1. The van der Waals surface area contributed by atoms with Gasteiger partial charge < -0.3 is 4.74 Å². The van der Waals surface area contributed by atoms with Crippen molar-refractivity contribution in [2.24, 2.45) is 0 Å². The number of nitrogens with zero attached hydrogens (tertiary/aromatic N) is 1. The Bertz CT molecular complexity index is 652. The molecule has 1 N–H and O–H groups in total. The quantitative estimate of drug-likeness (QED) is 0.770. The number of nitrogens with one attached hydrogen (secondary N) is 1. The van der Waals surface area contributed by atoms with Crippen molar-refractivity contribution >= 4 is 21.8 Å². The summed E-state index contributed by atoms with van der Waals surface area (Å²) < 4.78 is 30.7. The first-order valence-electron chi connectivity index (χ1n) is 5.82. The molecule has 0 aromatic heterocycles. The zero-order chi connectivity index (χ0) is 14.9. The second-order valence-corrected chi connectivity index (χ2v) is 6.31. The predicted octanol–water partition coefficient (Wildman–Crippen LogP) is -0.349. The fourth-order valence-electron chi connectivity index (χ4n) is 1.94. The molecule has 0 atom stereocenters. The topological polar surface area (TPSA) is 92.8 Å². The number of methoxy groups -OCH3 is 1. The van der Waals surface area contributed by atoms with E-state index < -0.39 is 21.8 Å². The molecule has 0 bridgehead atoms. The number of amides is 2. The van der Waals surface area contributed by atoms with E-state index >= 15 is 0 Å². The van der Waals surface area contributed by atoms with Gasteiger partial charge in [-0.25, -0.2) is 8.42 Å². The van der Waals surface area contributed by atoms with Gasteiger partial charge in [0.25, 0.3) is 0 Å². The molecule has 0 radical (unpaired) electrons. The fourth-order valence-corrected chi connectivity index (χ4v) is 3.38. The number of carbonyl (C=O) groups is 2. The summed E-state index contributed by atoms with van der Waals surface area (Å²) in [5, 5.41) is 2.06. The van der Waals surface area contributed by atoms with E-state index in [2.05, 4.69) is 5.32 Å². The van der Waals surface area contributed by atoms with Crippen molar-refractivity contribution in [1.29, 1.82) is 0 Å². The number of benzene rings is 1. The molecule has 8 heteroatoms. The molecule has 1 saturated heterocycles. The monoisotopic (exact) mass is 298 g/mol. The number of hydrogen-bond donors (Lipinski definition) is 1. The van der Waals surface area contributed by atoms with Crippen molar-refractivity contribution in [3.05, 3.63) is 23.8 Å². The third-order valence-corrected chi connectivity index (χ3v) is 4.71. The normalized spacial score (nSPS) is 16.9. The lowest BCUT2D eigenvalue weighted by Gasteiger charge is -2.25. The summed E-state index contributed by atoms with van der Waals surface area (Å²) in [5.74, 6) is -0.693. The summed E-state index contributed by atoms with van der Waals surface area (Å²) >= 11 is 0. The Morgan fingerprint density at radius 2 is 1.80 bits per heavy atom. The molecule has 108 valence electrons. The van der Waals surface area contributed by atoms with Crippen LogP contribution in [0.2, 0.25) is 0 Å². The summed E-state index contributed by atoms with van der Waals surface area (Å²) in [6.07, 6.45) is 0. The average Bonchev–Trinajstić information content (AvgIpc) is 2.37. The van der Waals surface area contributed by atoms with Gasteiger partial charge >= 0.3 is 0 Å². The second kappa shape index (κ2) is 5.22. The van der Waals surface area contributed by atoms with E-state index in [0.29, 0.717) is 11.3 Å². The number of hydrogen-bond acceptors (Lipinski definition) is 5. The highest BCUT2D eigenvalue weighted by atomic mass is 32.2. The van der Waals surface area contributed by atoms with Crippen molar-refractivity contribution in [3.8, 4) is 5.75 Å². The zero-order valence-electron chi connectivity index (χ0n) is 11.0. The van der Waals surface area contributed by atoms with Crippen LogP contribution in [0, 0.1) is 6.92 Å². The summed E-state index contributed by atoms with van der Waals surface area (Å²) in [7, 11) is -2.39. The maximum Gasteiger partial charge on any atom is 0.244 e. The third kappa shape index (κ3) is 2.66. The number of piperazine rings is 1. The van der Waals surface area contributed by atoms with Crippen LogP contribution in [0.1, 0.15) is 5.56 Å². The van der Waals surface area contributed by atoms with Crippen molar-refractivity contribution in [1.82, 2.24) is 9.62 Å².